The van der Waals surface area contributed by atoms with Crippen molar-refractivity contribution in [1.82, 2.24) is 9.80 Å². The molecule has 0 unspecified atom stereocenters. The highest BCUT2D eigenvalue weighted by molar-refractivity contribution is 6.02. The second-order valence-electron chi connectivity index (χ2n) is 6.12. The van der Waals surface area contributed by atoms with Gasteiger partial charge in [0.25, 0.3) is 5.91 Å². The largest absolute Gasteiger partial charge is 0.383 e. The van der Waals surface area contributed by atoms with Crippen molar-refractivity contribution in [2.24, 2.45) is 0 Å². The Labute approximate surface area is 135 Å². The Balaban J connectivity index is 1.78. The third-order valence-corrected chi connectivity index (χ3v) is 4.75. The molecule has 1 saturated heterocycles. The first-order valence-corrected chi connectivity index (χ1v) is 7.97. The average molecular weight is 320 g/mol. The van der Waals surface area contributed by atoms with Crippen LogP contribution >= 0.6 is 0 Å². The number of imide groups is 1. The topological polar surface area (TPSA) is 49.9 Å². The zero-order valence-electron chi connectivity index (χ0n) is 13.2. The average Bonchev–Trinajstić information content (AvgIpc) is 3.11. The summed E-state index contributed by atoms with van der Waals surface area (Å²) in [7, 11) is 1.57. The molecule has 0 bridgehead atoms. The van der Waals surface area contributed by atoms with Gasteiger partial charge >= 0.3 is 6.03 Å². The molecular formula is C17H21FN2O3. The third kappa shape index (κ3) is 3.08. The Bertz CT molecular complexity index is 590. The van der Waals surface area contributed by atoms with Crippen molar-refractivity contribution < 1.29 is 18.7 Å². The lowest BCUT2D eigenvalue weighted by Gasteiger charge is -2.28. The first-order valence-electron chi connectivity index (χ1n) is 7.97. The molecule has 3 amide bonds. The highest BCUT2D eigenvalue weighted by Gasteiger charge is 2.45. The van der Waals surface area contributed by atoms with E-state index in [4.69, 9.17) is 4.74 Å². The number of hydrogen-bond acceptors (Lipinski definition) is 3. The number of urea groups is 1. The van der Waals surface area contributed by atoms with Crippen molar-refractivity contribution in [1.29, 1.82) is 0 Å². The molecule has 0 spiro atoms. The van der Waals surface area contributed by atoms with Crippen LogP contribution in [0.15, 0.2) is 24.3 Å². The molecule has 2 atom stereocenters. The lowest BCUT2D eigenvalue weighted by molar-refractivity contribution is -0.127. The van der Waals surface area contributed by atoms with Crippen LogP contribution in [-0.2, 0) is 9.53 Å². The predicted molar refractivity (Wildman–Crippen MR) is 82.5 cm³/mol. The number of benzene rings is 1. The summed E-state index contributed by atoms with van der Waals surface area (Å²) >= 11 is 0. The van der Waals surface area contributed by atoms with Crippen LogP contribution in [0.3, 0.4) is 0 Å². The van der Waals surface area contributed by atoms with E-state index in [1.807, 2.05) is 0 Å². The lowest BCUT2D eigenvalue weighted by atomic mass is 9.93. The molecule has 2 aliphatic rings. The van der Waals surface area contributed by atoms with Crippen LogP contribution in [0, 0.1) is 5.82 Å². The van der Waals surface area contributed by atoms with Gasteiger partial charge in [0, 0.05) is 25.6 Å². The lowest BCUT2D eigenvalue weighted by Crippen LogP contribution is -2.43. The monoisotopic (exact) mass is 320 g/mol. The van der Waals surface area contributed by atoms with Crippen LogP contribution < -0.4 is 0 Å². The summed E-state index contributed by atoms with van der Waals surface area (Å²) in [6, 6.07) is 6.02. The molecule has 1 aliphatic heterocycles. The molecule has 0 aromatic heterocycles. The van der Waals surface area contributed by atoms with Gasteiger partial charge in [-0.05, 0) is 30.5 Å². The highest BCUT2D eigenvalue weighted by atomic mass is 19.1. The molecule has 1 heterocycles. The quantitative estimate of drug-likeness (QED) is 0.783. The Hall–Kier alpha value is -1.95. The van der Waals surface area contributed by atoms with E-state index < -0.39 is 0 Å². The number of rotatable bonds is 5. The molecule has 0 radical (unpaired) electrons. The third-order valence-electron chi connectivity index (χ3n) is 4.75. The van der Waals surface area contributed by atoms with Crippen LogP contribution in [0.4, 0.5) is 9.18 Å². The van der Waals surface area contributed by atoms with Crippen molar-refractivity contribution >= 4 is 11.9 Å². The fraction of sp³-hybridized carbons (Fsp3) is 0.529. The number of ether oxygens (including phenoxy) is 1. The summed E-state index contributed by atoms with van der Waals surface area (Å²) < 4.78 is 18.1. The van der Waals surface area contributed by atoms with Crippen LogP contribution in [0.2, 0.25) is 0 Å². The van der Waals surface area contributed by atoms with E-state index in [1.165, 1.54) is 21.9 Å². The van der Waals surface area contributed by atoms with E-state index in [9.17, 15) is 14.0 Å². The van der Waals surface area contributed by atoms with Gasteiger partial charge in [0.1, 0.15) is 12.4 Å². The first kappa shape index (κ1) is 15.9. The molecule has 23 heavy (non-hydrogen) atoms. The fourth-order valence-electron chi connectivity index (χ4n) is 3.62. The second kappa shape index (κ2) is 6.66. The van der Waals surface area contributed by atoms with Crippen molar-refractivity contribution in [2.75, 3.05) is 26.8 Å². The van der Waals surface area contributed by atoms with E-state index in [-0.39, 0.29) is 36.3 Å². The number of halogens is 1. The number of carbonyl (C=O) groups is 2. The minimum atomic E-state index is -0.276. The molecule has 3 rings (SSSR count). The van der Waals surface area contributed by atoms with Crippen LogP contribution in [0.1, 0.15) is 30.7 Å². The Morgan fingerprint density at radius 3 is 2.65 bits per heavy atom. The summed E-state index contributed by atoms with van der Waals surface area (Å²) in [5, 5.41) is 0. The van der Waals surface area contributed by atoms with E-state index >= 15 is 0 Å². The number of amides is 3. The van der Waals surface area contributed by atoms with Gasteiger partial charge in [-0.3, -0.25) is 9.69 Å². The highest BCUT2D eigenvalue weighted by Crippen LogP contribution is 2.39. The molecule has 0 N–H and O–H groups in total. The van der Waals surface area contributed by atoms with Crippen LogP contribution in [-0.4, -0.2) is 54.6 Å². The van der Waals surface area contributed by atoms with Gasteiger partial charge in [-0.25, -0.2) is 9.18 Å². The van der Waals surface area contributed by atoms with Crippen molar-refractivity contribution in [2.45, 2.75) is 31.2 Å². The number of nitrogens with zero attached hydrogens (tertiary/aromatic N) is 2. The second-order valence-corrected chi connectivity index (χ2v) is 6.12. The molecule has 1 aliphatic carbocycles. The maximum Gasteiger partial charge on any atom is 0.327 e. The SMILES string of the molecule is COCCN1CC(=O)N([C@H]2CCC[C@H]2c2ccc(F)cc2)C1=O. The maximum atomic E-state index is 13.1. The minimum Gasteiger partial charge on any atom is -0.383 e. The van der Waals surface area contributed by atoms with E-state index in [0.29, 0.717) is 13.2 Å². The van der Waals surface area contributed by atoms with Gasteiger partial charge in [-0.2, -0.15) is 0 Å². The first-order chi connectivity index (χ1) is 11.1. The van der Waals surface area contributed by atoms with Crippen LogP contribution in [0.5, 0.6) is 0 Å². The summed E-state index contributed by atoms with van der Waals surface area (Å²) in [6.45, 7) is 0.958. The van der Waals surface area contributed by atoms with E-state index in [1.54, 1.807) is 19.2 Å². The van der Waals surface area contributed by atoms with Crippen molar-refractivity contribution in [3.63, 3.8) is 0 Å². The molecule has 1 aromatic carbocycles. The van der Waals surface area contributed by atoms with Gasteiger partial charge in [-0.1, -0.05) is 18.6 Å². The maximum absolute atomic E-state index is 13.1. The van der Waals surface area contributed by atoms with Gasteiger partial charge in [0.15, 0.2) is 0 Å². The Kier molecular flexibility index (Phi) is 4.61. The van der Waals surface area contributed by atoms with Crippen molar-refractivity contribution in [3.8, 4) is 0 Å². The van der Waals surface area contributed by atoms with Gasteiger partial charge in [0.2, 0.25) is 0 Å². The summed E-state index contributed by atoms with van der Waals surface area (Å²) in [4.78, 5) is 27.8. The summed E-state index contributed by atoms with van der Waals surface area (Å²) in [5.74, 6) is -0.335. The molecule has 1 saturated carbocycles. The van der Waals surface area contributed by atoms with Gasteiger partial charge in [-0.15, -0.1) is 0 Å². The Morgan fingerprint density at radius 1 is 1.22 bits per heavy atom. The number of hydrogen-bond donors (Lipinski definition) is 0. The van der Waals surface area contributed by atoms with Crippen LogP contribution in [0.25, 0.3) is 0 Å². The minimum absolute atomic E-state index is 0.0888. The fourth-order valence-corrected chi connectivity index (χ4v) is 3.62. The zero-order chi connectivity index (χ0) is 16.4. The van der Waals surface area contributed by atoms with Gasteiger partial charge < -0.3 is 9.64 Å². The summed E-state index contributed by atoms with van der Waals surface area (Å²) in [6.07, 6.45) is 2.67. The molecular weight excluding hydrogens is 299 g/mol. The number of methoxy groups -OCH3 is 1. The Morgan fingerprint density at radius 2 is 1.96 bits per heavy atom. The van der Waals surface area contributed by atoms with Crippen molar-refractivity contribution in [3.05, 3.63) is 35.6 Å². The summed E-state index contributed by atoms with van der Waals surface area (Å²) in [5.41, 5.74) is 0.991. The van der Waals surface area contributed by atoms with E-state index in [0.717, 1.165) is 24.8 Å². The van der Waals surface area contributed by atoms with Gasteiger partial charge in [0.05, 0.1) is 6.61 Å². The molecule has 6 heteroatoms. The number of carbonyl (C=O) groups excluding carboxylic acids is 2. The molecule has 5 nitrogen and oxygen atoms in total. The standard InChI is InChI=1S/C17H21FN2O3/c1-23-10-9-19-11-16(21)20(17(19)22)15-4-2-3-14(15)12-5-7-13(18)8-6-12/h5-8,14-15H,2-4,9-11H2,1H3/t14-,15-/m0/s1. The molecule has 1 aromatic rings. The zero-order valence-corrected chi connectivity index (χ0v) is 13.2. The predicted octanol–water partition coefficient (Wildman–Crippen LogP) is 2.37. The molecule has 2 fully saturated rings. The van der Waals surface area contributed by atoms with E-state index in [2.05, 4.69) is 0 Å². The smallest absolute Gasteiger partial charge is 0.327 e. The normalized spacial score (nSPS) is 24.8. The molecule has 124 valence electrons.